The number of nitriles is 1. The van der Waals surface area contributed by atoms with Crippen LogP contribution in [0.4, 0.5) is 5.69 Å². The molecule has 0 aromatic heterocycles. The van der Waals surface area contributed by atoms with E-state index in [2.05, 4.69) is 30.9 Å². The van der Waals surface area contributed by atoms with Crippen molar-refractivity contribution in [2.75, 3.05) is 24.6 Å². The first kappa shape index (κ1) is 11.9. The van der Waals surface area contributed by atoms with Crippen molar-refractivity contribution in [2.45, 2.75) is 26.9 Å². The minimum absolute atomic E-state index is 0.233. The molecule has 1 heterocycles. The Kier molecular flexibility index (Phi) is 3.35. The lowest BCUT2D eigenvalue weighted by Gasteiger charge is -2.33. The molecule has 0 amide bonds. The van der Waals surface area contributed by atoms with E-state index < -0.39 is 0 Å². The zero-order valence-electron chi connectivity index (χ0n) is 10.7. The number of aryl methyl sites for hydroxylation is 2. The van der Waals surface area contributed by atoms with Gasteiger partial charge in [-0.25, -0.2) is 0 Å². The Morgan fingerprint density at radius 2 is 2.06 bits per heavy atom. The van der Waals surface area contributed by atoms with E-state index in [9.17, 15) is 5.26 Å². The highest BCUT2D eigenvalue weighted by molar-refractivity contribution is 5.62. The maximum absolute atomic E-state index is 9.22. The van der Waals surface area contributed by atoms with Crippen LogP contribution < -0.4 is 4.90 Å². The highest BCUT2D eigenvalue weighted by Crippen LogP contribution is 2.25. The summed E-state index contributed by atoms with van der Waals surface area (Å²) in [6, 6.07) is 6.39. The van der Waals surface area contributed by atoms with Crippen LogP contribution in [0, 0.1) is 25.2 Å². The van der Waals surface area contributed by atoms with Crippen molar-refractivity contribution in [1.29, 1.82) is 5.26 Å². The van der Waals surface area contributed by atoms with Crippen molar-refractivity contribution in [3.63, 3.8) is 0 Å². The molecule has 17 heavy (non-hydrogen) atoms. The summed E-state index contributed by atoms with van der Waals surface area (Å²) in [5, 5.41) is 9.22. The Morgan fingerprint density at radius 3 is 2.71 bits per heavy atom. The molecule has 1 aromatic rings. The van der Waals surface area contributed by atoms with Crippen LogP contribution in [-0.2, 0) is 4.74 Å². The smallest absolute Gasteiger partial charge is 0.101 e. The fourth-order valence-electron chi connectivity index (χ4n) is 2.19. The number of hydrogen-bond acceptors (Lipinski definition) is 3. The number of rotatable bonds is 1. The monoisotopic (exact) mass is 230 g/mol. The predicted molar refractivity (Wildman–Crippen MR) is 68.3 cm³/mol. The normalized spacial score (nSPS) is 20.1. The van der Waals surface area contributed by atoms with Crippen LogP contribution in [0.5, 0.6) is 0 Å². The average molecular weight is 230 g/mol. The zero-order valence-corrected chi connectivity index (χ0v) is 10.7. The minimum Gasteiger partial charge on any atom is -0.375 e. The SMILES string of the molecule is Cc1cc(C#N)c(N2CCOC(C)C2)cc1C. The fourth-order valence-corrected chi connectivity index (χ4v) is 2.19. The van der Waals surface area contributed by atoms with Gasteiger partial charge in [-0.3, -0.25) is 0 Å². The third-order valence-corrected chi connectivity index (χ3v) is 3.31. The lowest BCUT2D eigenvalue weighted by molar-refractivity contribution is 0.0532. The maximum atomic E-state index is 9.22. The van der Waals surface area contributed by atoms with Crippen LogP contribution in [0.2, 0.25) is 0 Å². The Labute approximate surface area is 103 Å². The highest BCUT2D eigenvalue weighted by Gasteiger charge is 2.19. The Bertz CT molecular complexity index is 462. The molecule has 90 valence electrons. The lowest BCUT2D eigenvalue weighted by atomic mass is 10.0. The molecular formula is C14H18N2O. The topological polar surface area (TPSA) is 36.3 Å². The summed E-state index contributed by atoms with van der Waals surface area (Å²) in [6.07, 6.45) is 0.233. The van der Waals surface area contributed by atoms with Gasteiger partial charge in [-0.2, -0.15) is 5.26 Å². The quantitative estimate of drug-likeness (QED) is 0.743. The van der Waals surface area contributed by atoms with Crippen LogP contribution in [-0.4, -0.2) is 25.8 Å². The lowest BCUT2D eigenvalue weighted by Crippen LogP contribution is -2.41. The van der Waals surface area contributed by atoms with Gasteiger partial charge in [0.15, 0.2) is 0 Å². The van der Waals surface area contributed by atoms with Crippen molar-refractivity contribution in [2.24, 2.45) is 0 Å². The molecule has 2 rings (SSSR count). The third-order valence-electron chi connectivity index (χ3n) is 3.31. The van der Waals surface area contributed by atoms with Crippen molar-refractivity contribution >= 4 is 5.69 Å². The molecule has 0 bridgehead atoms. The number of morpholine rings is 1. The molecule has 0 spiro atoms. The second kappa shape index (κ2) is 4.77. The average Bonchev–Trinajstić information content (AvgIpc) is 2.32. The van der Waals surface area contributed by atoms with Crippen LogP contribution in [0.1, 0.15) is 23.6 Å². The largest absolute Gasteiger partial charge is 0.375 e. The van der Waals surface area contributed by atoms with E-state index in [1.165, 1.54) is 11.1 Å². The number of hydrogen-bond donors (Lipinski definition) is 0. The maximum Gasteiger partial charge on any atom is 0.101 e. The summed E-state index contributed by atoms with van der Waals surface area (Å²) in [5.41, 5.74) is 4.22. The van der Waals surface area contributed by atoms with Gasteiger partial charge in [-0.15, -0.1) is 0 Å². The van der Waals surface area contributed by atoms with Crippen molar-refractivity contribution in [3.8, 4) is 6.07 Å². The van der Waals surface area contributed by atoms with E-state index in [1.54, 1.807) is 0 Å². The number of benzene rings is 1. The molecule has 0 saturated carbocycles. The summed E-state index contributed by atoms with van der Waals surface area (Å²) < 4.78 is 5.53. The van der Waals surface area contributed by atoms with Gasteiger partial charge in [0.25, 0.3) is 0 Å². The van der Waals surface area contributed by atoms with Gasteiger partial charge in [0, 0.05) is 13.1 Å². The number of ether oxygens (including phenoxy) is 1. The molecule has 1 saturated heterocycles. The first-order valence-electron chi connectivity index (χ1n) is 5.99. The molecule has 1 aliphatic rings. The second-order valence-electron chi connectivity index (χ2n) is 4.69. The summed E-state index contributed by atoms with van der Waals surface area (Å²) in [5.74, 6) is 0. The molecule has 0 N–H and O–H groups in total. The molecule has 0 radical (unpaired) electrons. The standard InChI is InChI=1S/C14H18N2O/c1-10-6-13(8-15)14(7-11(10)2)16-4-5-17-12(3)9-16/h6-7,12H,4-5,9H2,1-3H3. The second-order valence-corrected chi connectivity index (χ2v) is 4.69. The van der Waals surface area contributed by atoms with Crippen molar-refractivity contribution in [3.05, 3.63) is 28.8 Å². The minimum atomic E-state index is 0.233. The molecular weight excluding hydrogens is 212 g/mol. The fraction of sp³-hybridized carbons (Fsp3) is 0.500. The van der Waals surface area contributed by atoms with Gasteiger partial charge in [0.05, 0.1) is 24.0 Å². The van der Waals surface area contributed by atoms with Gasteiger partial charge in [0.1, 0.15) is 6.07 Å². The molecule has 1 atom stereocenters. The highest BCUT2D eigenvalue weighted by atomic mass is 16.5. The molecule has 0 aliphatic carbocycles. The zero-order chi connectivity index (χ0) is 12.4. The van der Waals surface area contributed by atoms with E-state index in [-0.39, 0.29) is 6.10 Å². The van der Waals surface area contributed by atoms with Gasteiger partial charge in [-0.1, -0.05) is 0 Å². The van der Waals surface area contributed by atoms with E-state index in [0.29, 0.717) is 0 Å². The van der Waals surface area contributed by atoms with Crippen LogP contribution in [0.3, 0.4) is 0 Å². The predicted octanol–water partition coefficient (Wildman–Crippen LogP) is 2.40. The van der Waals surface area contributed by atoms with Crippen LogP contribution in [0.15, 0.2) is 12.1 Å². The first-order chi connectivity index (χ1) is 8.11. The Hall–Kier alpha value is -1.53. The van der Waals surface area contributed by atoms with E-state index >= 15 is 0 Å². The van der Waals surface area contributed by atoms with Gasteiger partial charge < -0.3 is 9.64 Å². The molecule has 1 aliphatic heterocycles. The van der Waals surface area contributed by atoms with Gasteiger partial charge in [0.2, 0.25) is 0 Å². The van der Waals surface area contributed by atoms with E-state index in [4.69, 9.17) is 4.74 Å². The van der Waals surface area contributed by atoms with E-state index in [1.807, 2.05) is 13.0 Å². The molecule has 3 nitrogen and oxygen atoms in total. The van der Waals surface area contributed by atoms with E-state index in [0.717, 1.165) is 30.9 Å². The Balaban J connectivity index is 2.37. The van der Waals surface area contributed by atoms with Gasteiger partial charge >= 0.3 is 0 Å². The van der Waals surface area contributed by atoms with Crippen LogP contribution >= 0.6 is 0 Å². The summed E-state index contributed by atoms with van der Waals surface area (Å²) >= 11 is 0. The summed E-state index contributed by atoms with van der Waals surface area (Å²) in [6.45, 7) is 8.66. The van der Waals surface area contributed by atoms with Crippen molar-refractivity contribution < 1.29 is 4.74 Å². The van der Waals surface area contributed by atoms with Gasteiger partial charge in [-0.05, 0) is 44.0 Å². The Morgan fingerprint density at radius 1 is 1.35 bits per heavy atom. The summed E-state index contributed by atoms with van der Waals surface area (Å²) in [7, 11) is 0. The molecule has 1 fully saturated rings. The molecule has 1 aromatic carbocycles. The third kappa shape index (κ3) is 2.42. The van der Waals surface area contributed by atoms with Crippen LogP contribution in [0.25, 0.3) is 0 Å². The number of anilines is 1. The van der Waals surface area contributed by atoms with Crippen molar-refractivity contribution in [1.82, 2.24) is 0 Å². The molecule has 1 unspecified atom stereocenters. The first-order valence-corrected chi connectivity index (χ1v) is 5.99. The number of nitrogens with zero attached hydrogens (tertiary/aromatic N) is 2. The summed E-state index contributed by atoms with van der Waals surface area (Å²) in [4.78, 5) is 2.25. The molecule has 3 heteroatoms.